The van der Waals surface area contributed by atoms with Gasteiger partial charge in [0.25, 0.3) is 0 Å². The van der Waals surface area contributed by atoms with Crippen molar-refractivity contribution in [1.29, 1.82) is 0 Å². The van der Waals surface area contributed by atoms with E-state index < -0.39 is 5.97 Å². The van der Waals surface area contributed by atoms with Crippen molar-refractivity contribution >= 4 is 11.7 Å². The predicted octanol–water partition coefficient (Wildman–Crippen LogP) is 3.38. The average molecular weight is 261 g/mol. The number of anilines is 1. The molecule has 1 aromatic rings. The van der Waals surface area contributed by atoms with Gasteiger partial charge in [0, 0.05) is 24.2 Å². The second-order valence-electron chi connectivity index (χ2n) is 6.38. The van der Waals surface area contributed by atoms with Gasteiger partial charge in [-0.2, -0.15) is 0 Å². The first-order chi connectivity index (χ1) is 8.79. The summed E-state index contributed by atoms with van der Waals surface area (Å²) in [5.74, 6) is -0.448. The van der Waals surface area contributed by atoms with Gasteiger partial charge < -0.3 is 10.0 Å². The maximum atomic E-state index is 10.9. The van der Waals surface area contributed by atoms with Gasteiger partial charge >= 0.3 is 5.97 Å². The summed E-state index contributed by atoms with van der Waals surface area (Å²) in [7, 11) is 0. The first-order valence-electron chi connectivity index (χ1n) is 6.86. The molecule has 0 saturated carbocycles. The number of hydrogen-bond acceptors (Lipinski definition) is 2. The Morgan fingerprint density at radius 1 is 1.42 bits per heavy atom. The molecule has 3 nitrogen and oxygen atoms in total. The van der Waals surface area contributed by atoms with Crippen LogP contribution < -0.4 is 4.90 Å². The molecule has 1 atom stereocenters. The topological polar surface area (TPSA) is 40.5 Å². The Hall–Kier alpha value is -1.51. The molecule has 1 saturated heterocycles. The van der Waals surface area contributed by atoms with Crippen LogP contribution in [0.3, 0.4) is 0 Å². The van der Waals surface area contributed by atoms with E-state index in [0.29, 0.717) is 0 Å². The fourth-order valence-electron chi connectivity index (χ4n) is 3.30. The highest BCUT2D eigenvalue weighted by molar-refractivity contribution is 5.67. The predicted molar refractivity (Wildman–Crippen MR) is 77.7 cm³/mol. The Bertz CT molecular complexity index is 494. The molecule has 0 spiro atoms. The molecule has 0 bridgehead atoms. The van der Waals surface area contributed by atoms with E-state index >= 15 is 0 Å². The third kappa shape index (κ3) is 2.91. The largest absolute Gasteiger partial charge is 0.481 e. The van der Waals surface area contributed by atoms with Crippen LogP contribution in [0.1, 0.15) is 37.8 Å². The lowest BCUT2D eigenvalue weighted by molar-refractivity contribution is -0.137. The van der Waals surface area contributed by atoms with Gasteiger partial charge in [-0.1, -0.05) is 17.7 Å². The quantitative estimate of drug-likeness (QED) is 0.906. The normalized spacial score (nSPS) is 21.7. The van der Waals surface area contributed by atoms with E-state index in [1.165, 1.54) is 16.8 Å². The van der Waals surface area contributed by atoms with Crippen molar-refractivity contribution in [2.45, 2.75) is 46.1 Å². The molecule has 1 N–H and O–H groups in total. The number of nitrogens with zero attached hydrogens (tertiary/aromatic N) is 1. The van der Waals surface area contributed by atoms with Crippen molar-refractivity contribution in [2.24, 2.45) is 5.92 Å². The number of rotatable bonds is 3. The van der Waals surface area contributed by atoms with E-state index in [0.717, 1.165) is 13.0 Å². The third-order valence-electron chi connectivity index (χ3n) is 4.07. The van der Waals surface area contributed by atoms with Gasteiger partial charge in [-0.25, -0.2) is 0 Å². The number of carboxylic acids is 1. The van der Waals surface area contributed by atoms with Crippen molar-refractivity contribution in [3.63, 3.8) is 0 Å². The second kappa shape index (κ2) is 4.87. The molecule has 19 heavy (non-hydrogen) atoms. The first-order valence-corrected chi connectivity index (χ1v) is 6.86. The van der Waals surface area contributed by atoms with Gasteiger partial charge in [0.05, 0.1) is 0 Å². The van der Waals surface area contributed by atoms with Crippen LogP contribution in [-0.2, 0) is 4.79 Å². The number of carbonyl (C=O) groups is 1. The minimum atomic E-state index is -0.691. The fraction of sp³-hybridized carbons (Fsp3) is 0.562. The van der Waals surface area contributed by atoms with Crippen molar-refractivity contribution in [2.75, 3.05) is 11.4 Å². The van der Waals surface area contributed by atoms with Crippen LogP contribution in [0.4, 0.5) is 5.69 Å². The molecule has 1 unspecified atom stereocenters. The minimum absolute atomic E-state index is 0.0279. The summed E-state index contributed by atoms with van der Waals surface area (Å²) in [4.78, 5) is 13.3. The second-order valence-corrected chi connectivity index (χ2v) is 6.38. The maximum Gasteiger partial charge on any atom is 0.303 e. The summed E-state index contributed by atoms with van der Waals surface area (Å²) < 4.78 is 0. The minimum Gasteiger partial charge on any atom is -0.481 e. The highest BCUT2D eigenvalue weighted by Crippen LogP contribution is 2.39. The summed E-state index contributed by atoms with van der Waals surface area (Å²) in [6.45, 7) is 9.47. The zero-order valence-corrected chi connectivity index (χ0v) is 12.2. The Morgan fingerprint density at radius 3 is 2.68 bits per heavy atom. The standard InChI is InChI=1S/C16H23NO2/c1-11-5-6-14(12(2)7-11)17-10-13(8-15(18)19)9-16(17,3)4/h5-7,13H,8-10H2,1-4H3,(H,18,19). The van der Waals surface area contributed by atoms with Gasteiger partial charge in [0.1, 0.15) is 0 Å². The lowest BCUT2D eigenvalue weighted by Crippen LogP contribution is -2.38. The van der Waals surface area contributed by atoms with Crippen molar-refractivity contribution < 1.29 is 9.90 Å². The molecule has 1 aliphatic rings. The molecule has 0 amide bonds. The summed E-state index contributed by atoms with van der Waals surface area (Å²) in [5, 5.41) is 8.97. The molecule has 3 heteroatoms. The van der Waals surface area contributed by atoms with Crippen LogP contribution in [0, 0.1) is 19.8 Å². The molecule has 0 radical (unpaired) electrons. The molecule has 1 fully saturated rings. The number of benzene rings is 1. The molecule has 0 aliphatic carbocycles. The van der Waals surface area contributed by atoms with E-state index in [1.807, 2.05) is 0 Å². The number of carboxylic acid groups (broad SMARTS) is 1. The van der Waals surface area contributed by atoms with E-state index in [4.69, 9.17) is 5.11 Å². The monoisotopic (exact) mass is 261 g/mol. The summed E-state index contributed by atoms with van der Waals surface area (Å²) in [6.07, 6.45) is 1.21. The molecule has 2 rings (SSSR count). The van der Waals surface area contributed by atoms with Crippen LogP contribution in [0.15, 0.2) is 18.2 Å². The Labute approximate surface area is 115 Å². The van der Waals surface area contributed by atoms with Crippen LogP contribution in [0.25, 0.3) is 0 Å². The highest BCUT2D eigenvalue weighted by Gasteiger charge is 2.39. The van der Waals surface area contributed by atoms with Crippen LogP contribution in [0.2, 0.25) is 0 Å². The van der Waals surface area contributed by atoms with Gasteiger partial charge in [-0.05, 0) is 51.7 Å². The molecular weight excluding hydrogens is 238 g/mol. The number of aryl methyl sites for hydroxylation is 2. The summed E-state index contributed by atoms with van der Waals surface area (Å²) >= 11 is 0. The lowest BCUT2D eigenvalue weighted by Gasteiger charge is -2.35. The summed E-state index contributed by atoms with van der Waals surface area (Å²) in [6, 6.07) is 6.48. The molecule has 0 aromatic heterocycles. The van der Waals surface area contributed by atoms with E-state index in [-0.39, 0.29) is 17.9 Å². The average Bonchev–Trinajstić information content (AvgIpc) is 2.52. The zero-order chi connectivity index (χ0) is 14.2. The molecule has 1 heterocycles. The van der Waals surface area contributed by atoms with Crippen molar-refractivity contribution in [3.05, 3.63) is 29.3 Å². The van der Waals surface area contributed by atoms with E-state index in [1.54, 1.807) is 0 Å². The molecule has 104 valence electrons. The summed E-state index contributed by atoms with van der Waals surface area (Å²) in [5.41, 5.74) is 3.80. The van der Waals surface area contributed by atoms with Gasteiger partial charge in [-0.15, -0.1) is 0 Å². The first kappa shape index (κ1) is 13.9. The van der Waals surface area contributed by atoms with Gasteiger partial charge in [0.2, 0.25) is 0 Å². The van der Waals surface area contributed by atoms with E-state index in [9.17, 15) is 4.79 Å². The lowest BCUT2D eigenvalue weighted by atomic mass is 9.94. The maximum absolute atomic E-state index is 10.9. The zero-order valence-electron chi connectivity index (χ0n) is 12.2. The third-order valence-corrected chi connectivity index (χ3v) is 4.07. The molecular formula is C16H23NO2. The molecule has 1 aliphatic heterocycles. The Morgan fingerprint density at radius 2 is 2.11 bits per heavy atom. The Kier molecular flexibility index (Phi) is 3.57. The highest BCUT2D eigenvalue weighted by atomic mass is 16.4. The van der Waals surface area contributed by atoms with E-state index in [2.05, 4.69) is 50.8 Å². The Balaban J connectivity index is 2.26. The van der Waals surface area contributed by atoms with Crippen LogP contribution in [-0.4, -0.2) is 23.2 Å². The smallest absolute Gasteiger partial charge is 0.303 e. The number of hydrogen-bond donors (Lipinski definition) is 1. The van der Waals surface area contributed by atoms with Crippen LogP contribution >= 0.6 is 0 Å². The molecule has 1 aromatic carbocycles. The van der Waals surface area contributed by atoms with Crippen molar-refractivity contribution in [3.8, 4) is 0 Å². The number of aliphatic carboxylic acids is 1. The van der Waals surface area contributed by atoms with Gasteiger partial charge in [0.15, 0.2) is 0 Å². The van der Waals surface area contributed by atoms with Crippen molar-refractivity contribution in [1.82, 2.24) is 0 Å². The SMILES string of the molecule is Cc1ccc(N2CC(CC(=O)O)CC2(C)C)c(C)c1. The fourth-order valence-corrected chi connectivity index (χ4v) is 3.30. The van der Waals surface area contributed by atoms with Crippen LogP contribution in [0.5, 0.6) is 0 Å². The van der Waals surface area contributed by atoms with Gasteiger partial charge in [-0.3, -0.25) is 4.79 Å².